The standard InChI is InChI=1S/2C9H13.2C7H5F3O.CH2.Zr/c1-6-5-7(2)9(4)8(6)3;1-2-3-6-9-7-4-5-8-9;2*8-7(9,10)5-3-1-2-4-6(5)11;;/h6H,1-4H3;4,7H,2-3,5-6H2,1H3;2*1-4,11H;1H2;/q;;;;;+2/p-2. The predicted molar refractivity (Wildman–Crippen MR) is 152 cm³/mol. The zero-order valence-electron chi connectivity index (χ0n) is 24.5. The van der Waals surface area contributed by atoms with Crippen molar-refractivity contribution in [3.63, 3.8) is 0 Å². The van der Waals surface area contributed by atoms with Gasteiger partial charge in [0.05, 0.1) is 0 Å². The van der Waals surface area contributed by atoms with Gasteiger partial charge in [-0.2, -0.15) is 0 Å². The van der Waals surface area contributed by atoms with Crippen molar-refractivity contribution in [2.45, 2.75) is 72.7 Å². The summed E-state index contributed by atoms with van der Waals surface area (Å²) in [6.07, 6.45) is -3.34. The van der Waals surface area contributed by atoms with Crippen molar-refractivity contribution >= 4 is 4.21 Å². The van der Waals surface area contributed by atoms with Crippen LogP contribution < -0.4 is 5.63 Å². The molecule has 0 fully saturated rings. The van der Waals surface area contributed by atoms with Crippen LogP contribution in [-0.2, 0) is 31.5 Å². The molecule has 0 saturated heterocycles. The fraction of sp³-hybridized carbons (Fsp3) is 0.364. The number of hydrogen-bond donors (Lipinski definition) is 0. The molecule has 9 heteroatoms. The van der Waals surface area contributed by atoms with Gasteiger partial charge in [0, 0.05) is 0 Å². The van der Waals surface area contributed by atoms with E-state index in [0.29, 0.717) is 13.0 Å². The Balaban J connectivity index is 2.17. The van der Waals surface area contributed by atoms with Gasteiger partial charge in [0.15, 0.2) is 0 Å². The molecule has 2 aliphatic carbocycles. The number of unbranched alkanes of at least 4 members (excludes halogenated alkanes) is 1. The van der Waals surface area contributed by atoms with Crippen LogP contribution >= 0.6 is 0 Å². The molecule has 0 N–H and O–H groups in total. The summed E-state index contributed by atoms with van der Waals surface area (Å²) in [6.45, 7) is 9.58. The van der Waals surface area contributed by atoms with E-state index < -0.39 is 54.2 Å². The second-order valence-corrected chi connectivity index (χ2v) is 21.2. The number of halogens is 6. The third kappa shape index (κ3) is 5.66. The first kappa shape index (κ1) is 32.3. The van der Waals surface area contributed by atoms with Gasteiger partial charge in [-0.25, -0.2) is 0 Å². The van der Waals surface area contributed by atoms with E-state index in [4.69, 9.17) is 5.63 Å². The molecule has 0 aliphatic heterocycles. The van der Waals surface area contributed by atoms with Gasteiger partial charge in [-0.15, -0.1) is 0 Å². The first-order valence-corrected chi connectivity index (χ1v) is 20.3. The molecule has 1 unspecified atom stereocenters. The first-order valence-electron chi connectivity index (χ1n) is 14.1. The van der Waals surface area contributed by atoms with Crippen LogP contribution in [0.1, 0.15) is 71.4 Å². The molecule has 0 amide bonds. The van der Waals surface area contributed by atoms with Crippen molar-refractivity contribution in [1.82, 2.24) is 0 Å². The predicted octanol–water partition coefficient (Wildman–Crippen LogP) is 10.8. The van der Waals surface area contributed by atoms with Crippen molar-refractivity contribution in [1.29, 1.82) is 0 Å². The fourth-order valence-electron chi connectivity index (χ4n) is 6.33. The van der Waals surface area contributed by atoms with Crippen LogP contribution in [0.25, 0.3) is 0 Å². The minimum absolute atomic E-state index is 0.262. The SMILES string of the molecule is [CH2]=[Zr]([O]c1ccccc1C(F)(F)F)([O]c1ccccc1C(F)(F)F)([C]1=C(CCCC)C=CC1)[C]1=C(C)C(C)=C(C)C1C. The van der Waals surface area contributed by atoms with Gasteiger partial charge in [0.2, 0.25) is 0 Å². The summed E-state index contributed by atoms with van der Waals surface area (Å²) < 4.78 is 105. The van der Waals surface area contributed by atoms with Crippen molar-refractivity contribution < 1.29 is 51.1 Å². The van der Waals surface area contributed by atoms with E-state index in [1.54, 1.807) is 0 Å². The normalized spacial score (nSPS) is 18.4. The summed E-state index contributed by atoms with van der Waals surface area (Å²) in [5.41, 5.74) is 1.34. The zero-order valence-corrected chi connectivity index (χ0v) is 26.9. The Bertz CT molecular complexity index is 1510. The molecular weight excluding hydrogens is 634 g/mol. The van der Waals surface area contributed by atoms with Crippen molar-refractivity contribution in [2.75, 3.05) is 0 Å². The molecule has 0 bridgehead atoms. The fourth-order valence-corrected chi connectivity index (χ4v) is 20.0. The molecule has 4 rings (SSSR count). The number of benzene rings is 2. The molecule has 42 heavy (non-hydrogen) atoms. The monoisotopic (exact) mass is 668 g/mol. The first-order chi connectivity index (χ1) is 19.5. The van der Waals surface area contributed by atoms with Gasteiger partial charge in [0.25, 0.3) is 0 Å². The summed E-state index contributed by atoms with van der Waals surface area (Å²) in [5.74, 6) is -1.37. The molecule has 2 aliphatic rings. The third-order valence-corrected chi connectivity index (χ3v) is 20.8. The quantitative estimate of drug-likeness (QED) is 0.248. The number of hydrogen-bond acceptors (Lipinski definition) is 2. The number of allylic oxidation sites excluding steroid dienone is 8. The molecule has 0 heterocycles. The molecule has 226 valence electrons. The minimum atomic E-state index is -6.43. The van der Waals surface area contributed by atoms with Crippen LogP contribution in [0.4, 0.5) is 26.3 Å². The van der Waals surface area contributed by atoms with Crippen LogP contribution in [0, 0.1) is 5.92 Å². The van der Waals surface area contributed by atoms with E-state index in [1.165, 1.54) is 36.4 Å². The maximum absolute atomic E-state index is 14.4. The second-order valence-electron chi connectivity index (χ2n) is 11.2. The zero-order chi connectivity index (χ0) is 31.1. The Hall–Kier alpha value is -2.67. The third-order valence-electron chi connectivity index (χ3n) is 8.66. The van der Waals surface area contributed by atoms with Crippen LogP contribution in [-0.4, -0.2) is 4.21 Å². The van der Waals surface area contributed by atoms with Crippen molar-refractivity contribution in [2.24, 2.45) is 5.92 Å². The summed E-state index contributed by atoms with van der Waals surface area (Å²) in [4.78, 5) is 0. The van der Waals surface area contributed by atoms with Gasteiger partial charge >= 0.3 is 246 Å². The second kappa shape index (κ2) is 11.4. The summed E-state index contributed by atoms with van der Waals surface area (Å²) in [6, 6.07) is 9.57. The number of alkyl halides is 6. The van der Waals surface area contributed by atoms with Crippen LogP contribution in [0.2, 0.25) is 0 Å². The van der Waals surface area contributed by atoms with Gasteiger partial charge in [-0.05, 0) is 0 Å². The summed E-state index contributed by atoms with van der Waals surface area (Å²) in [5, 5.41) is 0. The van der Waals surface area contributed by atoms with E-state index in [-0.39, 0.29) is 12.3 Å². The molecular formula is C33H36F6O2Zr. The maximum atomic E-state index is 14.4. The van der Waals surface area contributed by atoms with Gasteiger partial charge in [0.1, 0.15) is 0 Å². The molecule has 2 aromatic rings. The average molecular weight is 670 g/mol. The van der Waals surface area contributed by atoms with Crippen molar-refractivity contribution in [3.8, 4) is 11.5 Å². The van der Waals surface area contributed by atoms with Crippen LogP contribution in [0.15, 0.2) is 89.5 Å². The van der Waals surface area contributed by atoms with Gasteiger partial charge in [-0.1, -0.05) is 0 Å². The Labute approximate surface area is 245 Å². The Kier molecular flexibility index (Phi) is 8.79. The summed E-state index contributed by atoms with van der Waals surface area (Å²) in [7, 11) is 0. The van der Waals surface area contributed by atoms with E-state index in [9.17, 15) is 26.3 Å². The van der Waals surface area contributed by atoms with E-state index in [1.807, 2.05) is 46.8 Å². The van der Waals surface area contributed by atoms with Gasteiger partial charge in [-0.3, -0.25) is 0 Å². The summed E-state index contributed by atoms with van der Waals surface area (Å²) >= 11 is -6.43. The molecule has 2 aromatic carbocycles. The van der Waals surface area contributed by atoms with Crippen molar-refractivity contribution in [3.05, 3.63) is 101 Å². The molecule has 1 atom stereocenters. The van der Waals surface area contributed by atoms with Crippen LogP contribution in [0.3, 0.4) is 0 Å². The van der Waals surface area contributed by atoms with Crippen LogP contribution in [0.5, 0.6) is 11.5 Å². The Morgan fingerprint density at radius 3 is 1.76 bits per heavy atom. The number of para-hydroxylation sites is 2. The van der Waals surface area contributed by atoms with E-state index in [2.05, 4.69) is 4.21 Å². The average Bonchev–Trinajstić information content (AvgIpc) is 3.47. The Morgan fingerprint density at radius 1 is 0.833 bits per heavy atom. The Morgan fingerprint density at radius 2 is 1.33 bits per heavy atom. The van der Waals surface area contributed by atoms with E-state index in [0.717, 1.165) is 47.3 Å². The van der Waals surface area contributed by atoms with E-state index >= 15 is 0 Å². The molecule has 2 nitrogen and oxygen atoms in total. The molecule has 0 aromatic heterocycles. The topological polar surface area (TPSA) is 18.5 Å². The molecule has 0 radical (unpaired) electrons. The van der Waals surface area contributed by atoms with Gasteiger partial charge < -0.3 is 0 Å². The molecule has 0 spiro atoms. The molecule has 0 saturated carbocycles. The number of rotatable bonds is 9.